The maximum Gasteiger partial charge on any atom is 0.166 e. The highest BCUT2D eigenvalue weighted by molar-refractivity contribution is 5.40. The van der Waals surface area contributed by atoms with Crippen molar-refractivity contribution in [1.82, 2.24) is 4.98 Å². The minimum absolute atomic E-state index is 0.563. The van der Waals surface area contributed by atoms with Crippen LogP contribution in [0.5, 0.6) is 0 Å². The first-order valence-electron chi connectivity index (χ1n) is 3.43. The third-order valence-electron chi connectivity index (χ3n) is 1.34. The van der Waals surface area contributed by atoms with Crippen LogP contribution in [0.4, 0.5) is 0 Å². The van der Waals surface area contributed by atoms with E-state index in [9.17, 15) is 0 Å². The molecule has 0 saturated heterocycles. The summed E-state index contributed by atoms with van der Waals surface area (Å²) in [6.07, 6.45) is 5.29. The Morgan fingerprint density at radius 1 is 1.45 bits per heavy atom. The average Bonchev–Trinajstić information content (AvgIpc) is 2.07. The quantitative estimate of drug-likeness (QED) is 0.399. The van der Waals surface area contributed by atoms with Crippen molar-refractivity contribution in [2.24, 2.45) is 0 Å². The van der Waals surface area contributed by atoms with Crippen LogP contribution in [0.3, 0.4) is 0 Å². The molecule has 0 atom stereocenters. The van der Waals surface area contributed by atoms with Gasteiger partial charge in [0.15, 0.2) is 6.40 Å². The molecule has 1 aromatic heterocycles. The summed E-state index contributed by atoms with van der Waals surface area (Å²) in [7, 11) is 0. The Labute approximate surface area is 65.5 Å². The van der Waals surface area contributed by atoms with Gasteiger partial charge in [-0.1, -0.05) is 0 Å². The minimum atomic E-state index is 0.563. The van der Waals surface area contributed by atoms with E-state index in [0.717, 1.165) is 12.8 Å². The van der Waals surface area contributed by atoms with E-state index in [2.05, 4.69) is 4.98 Å². The number of rotatable bonds is 4. The van der Waals surface area contributed by atoms with Crippen molar-refractivity contribution in [3.8, 4) is 0 Å². The topological polar surface area (TPSA) is 46.0 Å². The summed E-state index contributed by atoms with van der Waals surface area (Å²) in [6.45, 7) is 0.563. The van der Waals surface area contributed by atoms with Gasteiger partial charge in [-0.05, 0) is 17.7 Å². The van der Waals surface area contributed by atoms with Gasteiger partial charge in [-0.15, -0.1) is 0 Å². The SMILES string of the molecule is N=COCCc1ccncc1. The van der Waals surface area contributed by atoms with Gasteiger partial charge in [0.05, 0.1) is 6.61 Å². The lowest BCUT2D eigenvalue weighted by atomic mass is 10.2. The zero-order chi connectivity index (χ0) is 7.94. The second-order valence-electron chi connectivity index (χ2n) is 2.09. The fourth-order valence-electron chi connectivity index (χ4n) is 0.785. The lowest BCUT2D eigenvalue weighted by molar-refractivity contribution is 0.322. The Bertz CT molecular complexity index is 211. The molecular formula is C8H10N2O. The van der Waals surface area contributed by atoms with E-state index in [1.807, 2.05) is 12.1 Å². The first kappa shape index (κ1) is 7.72. The number of nitrogens with zero attached hydrogens (tertiary/aromatic N) is 1. The molecule has 0 aliphatic heterocycles. The number of aromatic nitrogens is 1. The van der Waals surface area contributed by atoms with E-state index in [4.69, 9.17) is 10.1 Å². The second kappa shape index (κ2) is 4.44. The molecule has 1 N–H and O–H groups in total. The summed E-state index contributed by atoms with van der Waals surface area (Å²) >= 11 is 0. The van der Waals surface area contributed by atoms with Crippen LogP contribution in [-0.4, -0.2) is 18.0 Å². The molecule has 58 valence electrons. The van der Waals surface area contributed by atoms with Gasteiger partial charge in [0.1, 0.15) is 0 Å². The lowest BCUT2D eigenvalue weighted by Gasteiger charge is -1.98. The summed E-state index contributed by atoms with van der Waals surface area (Å²) in [5.41, 5.74) is 1.18. The zero-order valence-corrected chi connectivity index (χ0v) is 6.16. The summed E-state index contributed by atoms with van der Waals surface area (Å²) in [5.74, 6) is 0. The van der Waals surface area contributed by atoms with Crippen LogP contribution < -0.4 is 0 Å². The molecule has 11 heavy (non-hydrogen) atoms. The molecule has 0 aliphatic rings. The van der Waals surface area contributed by atoms with Gasteiger partial charge < -0.3 is 4.74 Å². The van der Waals surface area contributed by atoms with Gasteiger partial charge in [-0.3, -0.25) is 10.4 Å². The van der Waals surface area contributed by atoms with Crippen molar-refractivity contribution < 1.29 is 4.74 Å². The molecule has 1 heterocycles. The molecule has 0 fully saturated rings. The average molecular weight is 150 g/mol. The smallest absolute Gasteiger partial charge is 0.166 e. The highest BCUT2D eigenvalue weighted by Gasteiger charge is 1.89. The van der Waals surface area contributed by atoms with E-state index in [-0.39, 0.29) is 0 Å². The molecule has 0 spiro atoms. The van der Waals surface area contributed by atoms with Crippen molar-refractivity contribution in [3.05, 3.63) is 30.1 Å². The Morgan fingerprint density at radius 2 is 2.18 bits per heavy atom. The molecular weight excluding hydrogens is 140 g/mol. The molecule has 0 unspecified atom stereocenters. The molecule has 0 aliphatic carbocycles. The van der Waals surface area contributed by atoms with Gasteiger partial charge >= 0.3 is 0 Å². The van der Waals surface area contributed by atoms with Gasteiger partial charge in [0, 0.05) is 18.8 Å². The lowest BCUT2D eigenvalue weighted by Crippen LogP contribution is -1.95. The van der Waals surface area contributed by atoms with Crippen molar-refractivity contribution >= 4 is 6.40 Å². The number of ether oxygens (including phenoxy) is 1. The van der Waals surface area contributed by atoms with Gasteiger partial charge in [-0.25, -0.2) is 0 Å². The van der Waals surface area contributed by atoms with Crippen LogP contribution in [0.2, 0.25) is 0 Å². The van der Waals surface area contributed by atoms with Gasteiger partial charge in [-0.2, -0.15) is 0 Å². The standard InChI is InChI=1S/C8H10N2O/c9-7-11-6-3-8-1-4-10-5-2-8/h1-2,4-5,7,9H,3,6H2. The fourth-order valence-corrected chi connectivity index (χ4v) is 0.785. The molecule has 1 aromatic rings. The van der Waals surface area contributed by atoms with E-state index in [0.29, 0.717) is 6.61 Å². The van der Waals surface area contributed by atoms with Crippen molar-refractivity contribution in [2.45, 2.75) is 6.42 Å². The Balaban J connectivity index is 2.33. The van der Waals surface area contributed by atoms with Crippen molar-refractivity contribution in [2.75, 3.05) is 6.61 Å². The summed E-state index contributed by atoms with van der Waals surface area (Å²) in [6, 6.07) is 3.88. The molecule has 0 radical (unpaired) electrons. The second-order valence-corrected chi connectivity index (χ2v) is 2.09. The highest BCUT2D eigenvalue weighted by atomic mass is 16.5. The van der Waals surface area contributed by atoms with Crippen LogP contribution in [0.1, 0.15) is 5.56 Å². The first-order chi connectivity index (χ1) is 5.43. The van der Waals surface area contributed by atoms with Crippen LogP contribution in [0.25, 0.3) is 0 Å². The monoisotopic (exact) mass is 150 g/mol. The van der Waals surface area contributed by atoms with Crippen LogP contribution in [0, 0.1) is 5.41 Å². The predicted octanol–water partition coefficient (Wildman–Crippen LogP) is 1.25. The Hall–Kier alpha value is -1.38. The van der Waals surface area contributed by atoms with Gasteiger partial charge in [0.2, 0.25) is 0 Å². The molecule has 0 bridgehead atoms. The minimum Gasteiger partial charge on any atom is -0.483 e. The van der Waals surface area contributed by atoms with Crippen molar-refractivity contribution in [3.63, 3.8) is 0 Å². The fraction of sp³-hybridized carbons (Fsp3) is 0.250. The van der Waals surface area contributed by atoms with Crippen LogP contribution in [0.15, 0.2) is 24.5 Å². The molecule has 0 amide bonds. The number of hydrogen-bond acceptors (Lipinski definition) is 3. The maximum atomic E-state index is 6.61. The predicted molar refractivity (Wildman–Crippen MR) is 42.7 cm³/mol. The van der Waals surface area contributed by atoms with Gasteiger partial charge in [0.25, 0.3) is 0 Å². The third-order valence-corrected chi connectivity index (χ3v) is 1.34. The van der Waals surface area contributed by atoms with E-state index in [1.165, 1.54) is 5.56 Å². The molecule has 3 nitrogen and oxygen atoms in total. The number of nitrogens with one attached hydrogen (secondary N) is 1. The van der Waals surface area contributed by atoms with E-state index < -0.39 is 0 Å². The van der Waals surface area contributed by atoms with E-state index in [1.54, 1.807) is 12.4 Å². The summed E-state index contributed by atoms with van der Waals surface area (Å²) < 4.78 is 4.76. The molecule has 0 aromatic carbocycles. The largest absolute Gasteiger partial charge is 0.483 e. The number of pyridine rings is 1. The van der Waals surface area contributed by atoms with Crippen LogP contribution in [-0.2, 0) is 11.2 Å². The zero-order valence-electron chi connectivity index (χ0n) is 6.16. The normalized spacial score (nSPS) is 9.09. The maximum absolute atomic E-state index is 6.61. The first-order valence-corrected chi connectivity index (χ1v) is 3.43. The summed E-state index contributed by atoms with van der Waals surface area (Å²) in [5, 5.41) is 6.61. The van der Waals surface area contributed by atoms with Crippen LogP contribution >= 0.6 is 0 Å². The highest BCUT2D eigenvalue weighted by Crippen LogP contribution is 1.96. The third kappa shape index (κ3) is 2.80. The Kier molecular flexibility index (Phi) is 3.12. The molecule has 3 heteroatoms. The summed E-state index contributed by atoms with van der Waals surface area (Å²) in [4.78, 5) is 3.89. The Morgan fingerprint density at radius 3 is 2.82 bits per heavy atom. The number of hydrogen-bond donors (Lipinski definition) is 1. The van der Waals surface area contributed by atoms with Crippen molar-refractivity contribution in [1.29, 1.82) is 5.41 Å². The van der Waals surface area contributed by atoms with E-state index >= 15 is 0 Å². The molecule has 0 saturated carbocycles. The molecule has 1 rings (SSSR count).